The van der Waals surface area contributed by atoms with Crippen LogP contribution in [0.3, 0.4) is 0 Å². The number of halogens is 1. The van der Waals surface area contributed by atoms with Crippen molar-refractivity contribution in [1.29, 1.82) is 0 Å². The minimum Gasteiger partial charge on any atom is -0.470 e. The summed E-state index contributed by atoms with van der Waals surface area (Å²) in [6, 6.07) is 11.6. The first-order chi connectivity index (χ1) is 12.6. The molecule has 2 aromatic heterocycles. The Morgan fingerprint density at radius 2 is 2.27 bits per heavy atom. The molecular formula is C18H15ClN4O2S. The topological polar surface area (TPSA) is 83.9 Å². The van der Waals surface area contributed by atoms with Crippen LogP contribution in [0.2, 0.25) is 5.02 Å². The van der Waals surface area contributed by atoms with Crippen molar-refractivity contribution in [2.45, 2.75) is 6.54 Å². The summed E-state index contributed by atoms with van der Waals surface area (Å²) in [6.07, 6.45) is 3.18. The Morgan fingerprint density at radius 1 is 1.38 bits per heavy atom. The van der Waals surface area contributed by atoms with Crippen molar-refractivity contribution in [2.75, 3.05) is 11.9 Å². The molecule has 0 radical (unpaired) electrons. The molecule has 1 aliphatic rings. The van der Waals surface area contributed by atoms with Gasteiger partial charge in [-0.1, -0.05) is 23.7 Å². The lowest BCUT2D eigenvalue weighted by atomic mass is 10.1. The number of amides is 1. The number of furan rings is 1. The van der Waals surface area contributed by atoms with Gasteiger partial charge in [0.25, 0.3) is 0 Å². The number of hydrogen-bond donors (Lipinski definition) is 2. The van der Waals surface area contributed by atoms with Gasteiger partial charge in [-0.05, 0) is 29.8 Å². The highest BCUT2D eigenvalue weighted by atomic mass is 35.5. The number of fused-ring (bicyclic) bond motifs is 1. The molecule has 0 saturated carbocycles. The summed E-state index contributed by atoms with van der Waals surface area (Å²) in [5, 5.41) is 10.1. The third-order valence-corrected chi connectivity index (χ3v) is 5.27. The number of carbonyl (C=O) groups excluding carboxylic acids is 1. The van der Waals surface area contributed by atoms with Crippen molar-refractivity contribution in [2.24, 2.45) is 10.8 Å². The number of carbonyl (C=O) groups is 1. The molecule has 1 aromatic carbocycles. The number of anilines is 1. The van der Waals surface area contributed by atoms with Gasteiger partial charge < -0.3 is 15.5 Å². The van der Waals surface area contributed by atoms with Gasteiger partial charge in [0, 0.05) is 20.3 Å². The predicted octanol–water partition coefficient (Wildman–Crippen LogP) is 3.74. The summed E-state index contributed by atoms with van der Waals surface area (Å²) in [6.45, 7) is 0.584. The molecule has 0 spiro atoms. The number of benzene rings is 1. The molecule has 0 unspecified atom stereocenters. The first kappa shape index (κ1) is 16.7. The lowest BCUT2D eigenvalue weighted by Crippen LogP contribution is -2.34. The lowest BCUT2D eigenvalue weighted by Gasteiger charge is -2.24. The third-order valence-electron chi connectivity index (χ3n) is 3.86. The van der Waals surface area contributed by atoms with Crippen molar-refractivity contribution < 1.29 is 9.21 Å². The molecule has 6 nitrogen and oxygen atoms in total. The van der Waals surface area contributed by atoms with E-state index in [1.807, 2.05) is 24.3 Å². The number of primary amides is 1. The first-order valence-electron chi connectivity index (χ1n) is 7.88. The Balaban J connectivity index is 1.72. The number of nitrogens with one attached hydrogen (secondary N) is 1. The quantitative estimate of drug-likeness (QED) is 0.715. The normalized spacial score (nSPS) is 13.3. The van der Waals surface area contributed by atoms with Crippen molar-refractivity contribution in [3.8, 4) is 10.4 Å². The van der Waals surface area contributed by atoms with Crippen LogP contribution in [-0.2, 0) is 11.3 Å². The van der Waals surface area contributed by atoms with E-state index in [2.05, 4.69) is 16.5 Å². The van der Waals surface area contributed by atoms with Crippen molar-refractivity contribution >= 4 is 40.4 Å². The van der Waals surface area contributed by atoms with E-state index in [1.165, 1.54) is 0 Å². The highest BCUT2D eigenvalue weighted by Crippen LogP contribution is 2.36. The van der Waals surface area contributed by atoms with E-state index in [0.29, 0.717) is 17.4 Å². The van der Waals surface area contributed by atoms with Crippen molar-refractivity contribution in [1.82, 2.24) is 5.01 Å². The SMILES string of the molecule is NC(=O)CN1Cc2sc(-c3cccc(Cl)c3)cc2C(Nc2ccoc2)=N1. The van der Waals surface area contributed by atoms with E-state index < -0.39 is 5.91 Å². The summed E-state index contributed by atoms with van der Waals surface area (Å²) >= 11 is 7.77. The van der Waals surface area contributed by atoms with E-state index in [0.717, 1.165) is 26.6 Å². The molecule has 8 heteroatoms. The molecule has 1 aliphatic heterocycles. The number of hydrazone groups is 1. The molecule has 1 amide bonds. The molecule has 26 heavy (non-hydrogen) atoms. The Bertz CT molecular complexity index is 981. The van der Waals surface area contributed by atoms with Crippen molar-refractivity contribution in [3.63, 3.8) is 0 Å². The van der Waals surface area contributed by atoms with Crippen LogP contribution in [0.15, 0.2) is 58.4 Å². The number of rotatable bonds is 4. The van der Waals surface area contributed by atoms with E-state index in [4.69, 9.17) is 21.8 Å². The largest absolute Gasteiger partial charge is 0.470 e. The zero-order valence-electron chi connectivity index (χ0n) is 13.6. The molecule has 132 valence electrons. The summed E-state index contributed by atoms with van der Waals surface area (Å²) in [5.74, 6) is 0.227. The van der Waals surface area contributed by atoms with Gasteiger partial charge in [-0.15, -0.1) is 11.3 Å². The second-order valence-corrected chi connectivity index (χ2v) is 7.41. The average molecular weight is 387 g/mol. The summed E-state index contributed by atoms with van der Waals surface area (Å²) in [7, 11) is 0. The maximum absolute atomic E-state index is 11.3. The Labute approximate surface area is 158 Å². The van der Waals surface area contributed by atoms with E-state index in [9.17, 15) is 4.79 Å². The predicted molar refractivity (Wildman–Crippen MR) is 103 cm³/mol. The number of nitrogens with two attached hydrogens (primary N) is 1. The molecular weight excluding hydrogens is 372 g/mol. The van der Waals surface area contributed by atoms with Gasteiger partial charge in [-0.3, -0.25) is 9.80 Å². The molecule has 0 bridgehead atoms. The molecule has 3 N–H and O–H groups in total. The van der Waals surface area contributed by atoms with Gasteiger partial charge >= 0.3 is 0 Å². The summed E-state index contributed by atoms with van der Waals surface area (Å²) in [4.78, 5) is 13.5. The number of hydrogen-bond acceptors (Lipinski definition) is 6. The molecule has 0 saturated heterocycles. The fourth-order valence-corrected chi connectivity index (χ4v) is 4.12. The second kappa shape index (κ2) is 6.86. The monoisotopic (exact) mass is 386 g/mol. The minimum absolute atomic E-state index is 0.0560. The number of amidine groups is 1. The lowest BCUT2D eigenvalue weighted by molar-refractivity contribution is -0.119. The Hall–Kier alpha value is -2.77. The minimum atomic E-state index is -0.425. The highest BCUT2D eigenvalue weighted by molar-refractivity contribution is 7.15. The van der Waals surface area contributed by atoms with Gasteiger partial charge in [-0.2, -0.15) is 5.10 Å². The molecule has 0 aliphatic carbocycles. The maximum Gasteiger partial charge on any atom is 0.238 e. The van der Waals surface area contributed by atoms with Crippen LogP contribution in [-0.4, -0.2) is 23.3 Å². The van der Waals surface area contributed by atoms with Crippen LogP contribution < -0.4 is 11.1 Å². The van der Waals surface area contributed by atoms with Gasteiger partial charge in [-0.25, -0.2) is 0 Å². The molecule has 0 fully saturated rings. The van der Waals surface area contributed by atoms with Crippen LogP contribution >= 0.6 is 22.9 Å². The summed E-state index contributed by atoms with van der Waals surface area (Å²) in [5.41, 5.74) is 8.16. The maximum atomic E-state index is 11.3. The van der Waals surface area contributed by atoms with Crippen LogP contribution in [0.4, 0.5) is 5.69 Å². The van der Waals surface area contributed by atoms with Crippen LogP contribution in [0, 0.1) is 0 Å². The van der Waals surface area contributed by atoms with Crippen LogP contribution in [0.5, 0.6) is 0 Å². The van der Waals surface area contributed by atoms with Gasteiger partial charge in [0.2, 0.25) is 5.91 Å². The Kier molecular flexibility index (Phi) is 4.40. The zero-order chi connectivity index (χ0) is 18.1. The second-order valence-electron chi connectivity index (χ2n) is 5.83. The zero-order valence-corrected chi connectivity index (χ0v) is 15.2. The standard InChI is InChI=1S/C18H15ClN4O2S/c19-12-3-1-2-11(6-12)15-7-14-16(26-15)8-23(9-17(20)24)22-18(14)21-13-4-5-25-10-13/h1-7,10H,8-9H2,(H2,20,24)(H,21,22). The third kappa shape index (κ3) is 3.44. The van der Waals surface area contributed by atoms with Crippen molar-refractivity contribution in [3.05, 3.63) is 64.4 Å². The van der Waals surface area contributed by atoms with Gasteiger partial charge in [0.05, 0.1) is 18.5 Å². The Morgan fingerprint density at radius 3 is 3.00 bits per heavy atom. The summed E-state index contributed by atoms with van der Waals surface area (Å²) < 4.78 is 5.11. The molecule has 0 atom stereocenters. The number of thiophene rings is 1. The average Bonchev–Trinajstić information content (AvgIpc) is 3.23. The van der Waals surface area contributed by atoms with Crippen LogP contribution in [0.1, 0.15) is 10.4 Å². The highest BCUT2D eigenvalue weighted by Gasteiger charge is 2.24. The first-order valence-corrected chi connectivity index (χ1v) is 9.08. The smallest absolute Gasteiger partial charge is 0.238 e. The van der Waals surface area contributed by atoms with E-state index in [-0.39, 0.29) is 6.54 Å². The fraction of sp³-hybridized carbons (Fsp3) is 0.111. The molecule has 3 aromatic rings. The molecule has 4 rings (SSSR count). The molecule has 3 heterocycles. The van der Waals surface area contributed by atoms with E-state index >= 15 is 0 Å². The van der Waals surface area contributed by atoms with Gasteiger partial charge in [0.1, 0.15) is 12.8 Å². The fourth-order valence-electron chi connectivity index (χ4n) is 2.76. The van der Waals surface area contributed by atoms with E-state index in [1.54, 1.807) is 34.9 Å². The van der Waals surface area contributed by atoms with Gasteiger partial charge in [0.15, 0.2) is 5.84 Å². The number of nitrogens with zero attached hydrogens (tertiary/aromatic N) is 2. The van der Waals surface area contributed by atoms with Crippen LogP contribution in [0.25, 0.3) is 10.4 Å².